The summed E-state index contributed by atoms with van der Waals surface area (Å²) in [5.74, 6) is -1.56. The standard InChI is InChI=1S/C28H20F3NO3/c29-28(30,31)35-27-11-10-23(18-24(27)26(34)17-20-12-14-32-15-13-20)25(33)16-19-6-8-22(9-7-19)21-4-2-1-3-5-21/h1-15,18H,16-17H2. The Balaban J connectivity index is 1.56. The average Bonchev–Trinajstić information content (AvgIpc) is 2.85. The molecule has 0 aliphatic rings. The van der Waals surface area contributed by atoms with E-state index >= 15 is 0 Å². The zero-order chi connectivity index (χ0) is 24.8. The third kappa shape index (κ3) is 6.41. The first-order valence-electron chi connectivity index (χ1n) is 10.8. The summed E-state index contributed by atoms with van der Waals surface area (Å²) in [5, 5.41) is 0. The van der Waals surface area contributed by atoms with Gasteiger partial charge in [0.2, 0.25) is 0 Å². The van der Waals surface area contributed by atoms with E-state index < -0.39 is 17.9 Å². The van der Waals surface area contributed by atoms with Crippen LogP contribution in [-0.2, 0) is 12.8 Å². The highest BCUT2D eigenvalue weighted by atomic mass is 19.4. The molecule has 0 atom stereocenters. The Morgan fingerprint density at radius 2 is 1.31 bits per heavy atom. The van der Waals surface area contributed by atoms with E-state index in [4.69, 9.17) is 0 Å². The van der Waals surface area contributed by atoms with Crippen molar-refractivity contribution < 1.29 is 27.5 Å². The molecular formula is C28H20F3NO3. The van der Waals surface area contributed by atoms with Crippen molar-refractivity contribution in [1.29, 1.82) is 0 Å². The highest BCUT2D eigenvalue weighted by molar-refractivity contribution is 6.04. The lowest BCUT2D eigenvalue weighted by atomic mass is 9.96. The zero-order valence-electron chi connectivity index (χ0n) is 18.5. The molecule has 0 unspecified atom stereocenters. The van der Waals surface area contributed by atoms with E-state index in [1.807, 2.05) is 54.6 Å². The molecule has 0 amide bonds. The van der Waals surface area contributed by atoms with Crippen LogP contribution in [0, 0.1) is 0 Å². The van der Waals surface area contributed by atoms with Crippen LogP contribution < -0.4 is 4.74 Å². The lowest BCUT2D eigenvalue weighted by molar-refractivity contribution is -0.274. The monoisotopic (exact) mass is 475 g/mol. The predicted molar refractivity (Wildman–Crippen MR) is 125 cm³/mol. The predicted octanol–water partition coefficient (Wildman–Crippen LogP) is 6.50. The van der Waals surface area contributed by atoms with Crippen LogP contribution >= 0.6 is 0 Å². The highest BCUT2D eigenvalue weighted by Crippen LogP contribution is 2.29. The molecule has 0 bridgehead atoms. The Hall–Kier alpha value is -4.26. The number of alkyl halides is 3. The highest BCUT2D eigenvalue weighted by Gasteiger charge is 2.33. The molecule has 0 saturated carbocycles. The molecule has 3 aromatic carbocycles. The van der Waals surface area contributed by atoms with Crippen molar-refractivity contribution >= 4 is 11.6 Å². The lowest BCUT2D eigenvalue weighted by Crippen LogP contribution is -2.20. The number of Topliss-reactive ketones (excluding diaryl/α,β-unsaturated/α-hetero) is 2. The van der Waals surface area contributed by atoms with Crippen molar-refractivity contribution in [1.82, 2.24) is 4.98 Å². The second kappa shape index (κ2) is 10.3. The van der Waals surface area contributed by atoms with E-state index in [0.29, 0.717) is 5.56 Å². The summed E-state index contributed by atoms with van der Waals surface area (Å²) in [6, 6.07) is 23.8. The van der Waals surface area contributed by atoms with Crippen molar-refractivity contribution in [3.8, 4) is 16.9 Å². The molecule has 0 spiro atoms. The zero-order valence-corrected chi connectivity index (χ0v) is 18.5. The SMILES string of the molecule is O=C(Cc1ccc(-c2ccccc2)cc1)c1ccc(OC(F)(F)F)c(C(=O)Cc2ccncc2)c1. The van der Waals surface area contributed by atoms with Crippen LogP contribution in [0.5, 0.6) is 5.75 Å². The number of hydrogen-bond acceptors (Lipinski definition) is 4. The minimum atomic E-state index is -4.97. The minimum absolute atomic E-state index is 0.0343. The van der Waals surface area contributed by atoms with Crippen molar-refractivity contribution in [2.24, 2.45) is 0 Å². The molecule has 0 saturated heterocycles. The molecule has 176 valence electrons. The minimum Gasteiger partial charge on any atom is -0.405 e. The number of ketones is 2. The summed E-state index contributed by atoms with van der Waals surface area (Å²) >= 11 is 0. The van der Waals surface area contributed by atoms with Crippen LogP contribution in [0.25, 0.3) is 11.1 Å². The van der Waals surface area contributed by atoms with E-state index in [9.17, 15) is 22.8 Å². The first-order valence-corrected chi connectivity index (χ1v) is 10.8. The van der Waals surface area contributed by atoms with Crippen LogP contribution in [0.1, 0.15) is 31.8 Å². The van der Waals surface area contributed by atoms with Gasteiger partial charge >= 0.3 is 6.36 Å². The van der Waals surface area contributed by atoms with E-state index in [1.165, 1.54) is 24.5 Å². The lowest BCUT2D eigenvalue weighted by Gasteiger charge is -2.14. The van der Waals surface area contributed by atoms with Crippen LogP contribution in [0.4, 0.5) is 13.2 Å². The van der Waals surface area contributed by atoms with E-state index in [-0.39, 0.29) is 29.8 Å². The van der Waals surface area contributed by atoms with Gasteiger partial charge in [-0.25, -0.2) is 0 Å². The third-order valence-electron chi connectivity index (χ3n) is 5.37. The quantitative estimate of drug-likeness (QED) is 0.273. The number of nitrogens with zero attached hydrogens (tertiary/aromatic N) is 1. The van der Waals surface area contributed by atoms with Gasteiger partial charge < -0.3 is 4.74 Å². The molecule has 1 heterocycles. The first kappa shape index (κ1) is 23.9. The van der Waals surface area contributed by atoms with Crippen LogP contribution in [0.3, 0.4) is 0 Å². The van der Waals surface area contributed by atoms with E-state index in [2.05, 4.69) is 9.72 Å². The van der Waals surface area contributed by atoms with Crippen molar-refractivity contribution in [2.45, 2.75) is 19.2 Å². The Labute approximate surface area is 200 Å². The summed E-state index contributed by atoms with van der Waals surface area (Å²) in [6.07, 6.45) is -2.13. The van der Waals surface area contributed by atoms with E-state index in [0.717, 1.165) is 22.8 Å². The van der Waals surface area contributed by atoms with Gasteiger partial charge in [-0.2, -0.15) is 0 Å². The molecular weight excluding hydrogens is 455 g/mol. The first-order chi connectivity index (χ1) is 16.8. The number of ether oxygens (including phenoxy) is 1. The molecule has 0 fully saturated rings. The van der Waals surface area contributed by atoms with Crippen LogP contribution in [0.15, 0.2) is 97.3 Å². The Kier molecular flexibility index (Phi) is 7.06. The third-order valence-corrected chi connectivity index (χ3v) is 5.37. The summed E-state index contributed by atoms with van der Waals surface area (Å²) in [4.78, 5) is 29.6. The summed E-state index contributed by atoms with van der Waals surface area (Å²) in [7, 11) is 0. The number of pyridine rings is 1. The molecule has 0 radical (unpaired) electrons. The number of carbonyl (C=O) groups excluding carboxylic acids is 2. The molecule has 1 aromatic heterocycles. The maximum atomic E-state index is 12.9. The molecule has 4 rings (SSSR count). The van der Waals surface area contributed by atoms with Gasteiger partial charge in [0.1, 0.15) is 5.75 Å². The number of carbonyl (C=O) groups is 2. The number of hydrogen-bond donors (Lipinski definition) is 0. The Morgan fingerprint density at radius 1 is 0.714 bits per heavy atom. The molecule has 4 nitrogen and oxygen atoms in total. The number of halogens is 3. The average molecular weight is 475 g/mol. The van der Waals surface area contributed by atoms with Gasteiger partial charge in [0.25, 0.3) is 0 Å². The topological polar surface area (TPSA) is 56.3 Å². The van der Waals surface area contributed by atoms with Gasteiger partial charge in [-0.05, 0) is 52.6 Å². The summed E-state index contributed by atoms with van der Waals surface area (Å²) < 4.78 is 42.8. The maximum absolute atomic E-state index is 12.9. The van der Waals surface area contributed by atoms with Crippen molar-refractivity contribution in [3.63, 3.8) is 0 Å². The number of rotatable bonds is 8. The van der Waals surface area contributed by atoms with Crippen molar-refractivity contribution in [3.05, 3.63) is 120 Å². The summed E-state index contributed by atoms with van der Waals surface area (Å²) in [5.41, 5.74) is 3.20. The Morgan fingerprint density at radius 3 is 1.97 bits per heavy atom. The van der Waals surface area contributed by atoms with Crippen LogP contribution in [0.2, 0.25) is 0 Å². The largest absolute Gasteiger partial charge is 0.573 e. The van der Waals surface area contributed by atoms with Gasteiger partial charge in [0, 0.05) is 30.8 Å². The van der Waals surface area contributed by atoms with Gasteiger partial charge in [-0.15, -0.1) is 13.2 Å². The van der Waals surface area contributed by atoms with Gasteiger partial charge in [-0.1, -0.05) is 54.6 Å². The fourth-order valence-corrected chi connectivity index (χ4v) is 3.65. The number of benzene rings is 3. The Bertz CT molecular complexity index is 1320. The van der Waals surface area contributed by atoms with Gasteiger partial charge in [-0.3, -0.25) is 14.6 Å². The van der Waals surface area contributed by atoms with Gasteiger partial charge in [0.15, 0.2) is 11.6 Å². The fourth-order valence-electron chi connectivity index (χ4n) is 3.65. The fraction of sp³-hybridized carbons (Fsp3) is 0.107. The maximum Gasteiger partial charge on any atom is 0.573 e. The number of aromatic nitrogens is 1. The van der Waals surface area contributed by atoms with E-state index in [1.54, 1.807) is 12.1 Å². The van der Waals surface area contributed by atoms with Crippen LogP contribution in [-0.4, -0.2) is 22.9 Å². The summed E-state index contributed by atoms with van der Waals surface area (Å²) in [6.45, 7) is 0. The molecule has 4 aromatic rings. The normalized spacial score (nSPS) is 11.2. The molecule has 0 aliphatic carbocycles. The smallest absolute Gasteiger partial charge is 0.405 e. The molecule has 0 N–H and O–H groups in total. The second-order valence-electron chi connectivity index (χ2n) is 7.88. The van der Waals surface area contributed by atoms with Crippen molar-refractivity contribution in [2.75, 3.05) is 0 Å². The molecule has 35 heavy (non-hydrogen) atoms. The second-order valence-corrected chi connectivity index (χ2v) is 7.88. The molecule has 0 aliphatic heterocycles. The van der Waals surface area contributed by atoms with Gasteiger partial charge in [0.05, 0.1) is 5.56 Å². The molecule has 7 heteroatoms.